The van der Waals surface area contributed by atoms with Crippen LogP contribution in [0.25, 0.3) is 0 Å². The van der Waals surface area contributed by atoms with E-state index in [2.05, 4.69) is 13.8 Å². The highest BCUT2D eigenvalue weighted by molar-refractivity contribution is 7.99. The predicted octanol–water partition coefficient (Wildman–Crippen LogP) is 3.43. The van der Waals surface area contributed by atoms with E-state index in [-0.39, 0.29) is 11.0 Å². The number of hydrogen-bond acceptors (Lipinski definition) is 3. The highest BCUT2D eigenvalue weighted by atomic mass is 32.2. The summed E-state index contributed by atoms with van der Waals surface area (Å²) in [6.45, 7) is 6.34. The SMILES string of the molecule is CC(C)CSC(C)c1ccc(C(=O)O)o1. The molecule has 1 N–H and O–H groups in total. The topological polar surface area (TPSA) is 50.4 Å². The summed E-state index contributed by atoms with van der Waals surface area (Å²) in [6.07, 6.45) is 0. The van der Waals surface area contributed by atoms with Crippen molar-refractivity contribution in [3.8, 4) is 0 Å². The van der Waals surface area contributed by atoms with E-state index in [4.69, 9.17) is 9.52 Å². The standard InChI is InChI=1S/C11H16O3S/c1-7(2)6-15-8(3)9-4-5-10(14-9)11(12)13/h4-5,7-8H,6H2,1-3H3,(H,12,13). The van der Waals surface area contributed by atoms with Gasteiger partial charge in [-0.1, -0.05) is 13.8 Å². The molecule has 1 aromatic heterocycles. The summed E-state index contributed by atoms with van der Waals surface area (Å²) in [5.41, 5.74) is 0. The minimum Gasteiger partial charge on any atom is -0.475 e. The van der Waals surface area contributed by atoms with E-state index in [9.17, 15) is 4.79 Å². The quantitative estimate of drug-likeness (QED) is 0.838. The van der Waals surface area contributed by atoms with Crippen LogP contribution in [0.1, 0.15) is 42.3 Å². The first-order chi connectivity index (χ1) is 7.00. The zero-order valence-electron chi connectivity index (χ0n) is 9.19. The lowest BCUT2D eigenvalue weighted by Gasteiger charge is -2.09. The van der Waals surface area contributed by atoms with Crippen LogP contribution in [0.15, 0.2) is 16.5 Å². The number of hydrogen-bond donors (Lipinski definition) is 1. The van der Waals surface area contributed by atoms with Gasteiger partial charge in [-0.2, -0.15) is 11.8 Å². The second-order valence-corrected chi connectivity index (χ2v) is 5.25. The molecule has 0 aliphatic carbocycles. The lowest BCUT2D eigenvalue weighted by Crippen LogP contribution is -1.95. The van der Waals surface area contributed by atoms with Gasteiger partial charge in [0.25, 0.3) is 0 Å². The molecule has 1 heterocycles. The molecule has 0 saturated carbocycles. The first kappa shape index (κ1) is 12.2. The fraction of sp³-hybridized carbons (Fsp3) is 0.545. The molecule has 0 saturated heterocycles. The Kier molecular flexibility index (Phi) is 4.27. The van der Waals surface area contributed by atoms with Gasteiger partial charge in [0.05, 0.1) is 5.25 Å². The molecule has 0 aliphatic rings. The van der Waals surface area contributed by atoms with Crippen molar-refractivity contribution in [3.05, 3.63) is 23.7 Å². The third-order valence-corrected chi connectivity index (χ3v) is 3.51. The Balaban J connectivity index is 2.58. The van der Waals surface area contributed by atoms with Crippen LogP contribution in [0.5, 0.6) is 0 Å². The molecule has 0 fully saturated rings. The third kappa shape index (κ3) is 3.63. The second-order valence-electron chi connectivity index (χ2n) is 3.88. The first-order valence-corrected chi connectivity index (χ1v) is 6.00. The summed E-state index contributed by atoms with van der Waals surface area (Å²) < 4.78 is 5.22. The smallest absolute Gasteiger partial charge is 0.371 e. The van der Waals surface area contributed by atoms with E-state index in [1.165, 1.54) is 6.07 Å². The Hall–Kier alpha value is -0.900. The average Bonchev–Trinajstić information content (AvgIpc) is 2.62. The van der Waals surface area contributed by atoms with Crippen molar-refractivity contribution in [1.29, 1.82) is 0 Å². The van der Waals surface area contributed by atoms with E-state index in [1.807, 2.05) is 6.92 Å². The van der Waals surface area contributed by atoms with Gasteiger partial charge in [0.15, 0.2) is 0 Å². The van der Waals surface area contributed by atoms with Gasteiger partial charge >= 0.3 is 5.97 Å². The van der Waals surface area contributed by atoms with Gasteiger partial charge in [0.1, 0.15) is 5.76 Å². The van der Waals surface area contributed by atoms with Crippen LogP contribution >= 0.6 is 11.8 Å². The molecule has 1 aromatic rings. The largest absolute Gasteiger partial charge is 0.475 e. The lowest BCUT2D eigenvalue weighted by molar-refractivity contribution is 0.0660. The van der Waals surface area contributed by atoms with Crippen molar-refractivity contribution >= 4 is 17.7 Å². The monoisotopic (exact) mass is 228 g/mol. The Labute approximate surface area is 93.9 Å². The molecule has 15 heavy (non-hydrogen) atoms. The number of carboxylic acid groups (broad SMARTS) is 1. The van der Waals surface area contributed by atoms with Crippen molar-refractivity contribution < 1.29 is 14.3 Å². The zero-order valence-corrected chi connectivity index (χ0v) is 10.0. The molecule has 3 nitrogen and oxygen atoms in total. The predicted molar refractivity (Wildman–Crippen MR) is 61.4 cm³/mol. The maximum absolute atomic E-state index is 10.6. The normalized spacial score (nSPS) is 13.1. The van der Waals surface area contributed by atoms with Crippen LogP contribution in [0.2, 0.25) is 0 Å². The molecule has 0 amide bonds. The highest BCUT2D eigenvalue weighted by Crippen LogP contribution is 2.30. The van der Waals surface area contributed by atoms with Crippen LogP contribution < -0.4 is 0 Å². The second kappa shape index (κ2) is 5.26. The number of carboxylic acids is 1. The van der Waals surface area contributed by atoms with Gasteiger partial charge in [-0.3, -0.25) is 0 Å². The molecule has 4 heteroatoms. The lowest BCUT2D eigenvalue weighted by atomic mass is 10.3. The van der Waals surface area contributed by atoms with Gasteiger partial charge < -0.3 is 9.52 Å². The fourth-order valence-electron chi connectivity index (χ4n) is 1.11. The molecule has 0 bridgehead atoms. The molecule has 0 aliphatic heterocycles. The number of thioether (sulfide) groups is 1. The van der Waals surface area contributed by atoms with Crippen molar-refractivity contribution in [2.75, 3.05) is 5.75 Å². The minimum absolute atomic E-state index is 0.0157. The van der Waals surface area contributed by atoms with Crippen LogP contribution in [-0.2, 0) is 0 Å². The zero-order chi connectivity index (χ0) is 11.4. The van der Waals surface area contributed by atoms with Gasteiger partial charge in [-0.05, 0) is 30.7 Å². The van der Waals surface area contributed by atoms with E-state index < -0.39 is 5.97 Å². The van der Waals surface area contributed by atoms with E-state index in [1.54, 1.807) is 17.8 Å². The minimum atomic E-state index is -1.01. The number of aromatic carboxylic acids is 1. The van der Waals surface area contributed by atoms with Gasteiger partial charge in [-0.15, -0.1) is 0 Å². The molecule has 0 radical (unpaired) electrons. The number of furan rings is 1. The van der Waals surface area contributed by atoms with E-state index in [0.29, 0.717) is 5.92 Å². The Bertz CT molecular complexity index is 330. The van der Waals surface area contributed by atoms with Crippen molar-refractivity contribution in [1.82, 2.24) is 0 Å². The van der Waals surface area contributed by atoms with Crippen LogP contribution in [-0.4, -0.2) is 16.8 Å². The fourth-order valence-corrected chi connectivity index (χ4v) is 2.07. The van der Waals surface area contributed by atoms with Crippen molar-refractivity contribution in [2.45, 2.75) is 26.0 Å². The van der Waals surface area contributed by atoms with Crippen molar-refractivity contribution in [2.24, 2.45) is 5.92 Å². The van der Waals surface area contributed by atoms with Crippen LogP contribution in [0.4, 0.5) is 0 Å². The Morgan fingerprint density at radius 1 is 1.47 bits per heavy atom. The highest BCUT2D eigenvalue weighted by Gasteiger charge is 2.14. The summed E-state index contributed by atoms with van der Waals surface area (Å²) in [6, 6.07) is 3.24. The Morgan fingerprint density at radius 2 is 2.13 bits per heavy atom. The Morgan fingerprint density at radius 3 is 2.60 bits per heavy atom. The maximum atomic E-state index is 10.6. The molecule has 1 atom stereocenters. The van der Waals surface area contributed by atoms with Crippen LogP contribution in [0, 0.1) is 5.92 Å². The summed E-state index contributed by atoms with van der Waals surface area (Å²) in [5, 5.41) is 8.91. The molecule has 84 valence electrons. The van der Waals surface area contributed by atoms with Gasteiger partial charge in [-0.25, -0.2) is 4.79 Å². The van der Waals surface area contributed by atoms with Gasteiger partial charge in [0, 0.05) is 0 Å². The number of rotatable bonds is 5. The van der Waals surface area contributed by atoms with E-state index >= 15 is 0 Å². The summed E-state index contributed by atoms with van der Waals surface area (Å²) in [5.74, 6) is 1.42. The van der Waals surface area contributed by atoms with E-state index in [0.717, 1.165) is 11.5 Å². The third-order valence-electron chi connectivity index (χ3n) is 1.92. The summed E-state index contributed by atoms with van der Waals surface area (Å²) in [7, 11) is 0. The number of carbonyl (C=O) groups is 1. The average molecular weight is 228 g/mol. The summed E-state index contributed by atoms with van der Waals surface area (Å²) >= 11 is 1.78. The molecule has 0 spiro atoms. The van der Waals surface area contributed by atoms with Crippen molar-refractivity contribution in [3.63, 3.8) is 0 Å². The summed E-state index contributed by atoms with van der Waals surface area (Å²) in [4.78, 5) is 10.6. The molecule has 0 aromatic carbocycles. The maximum Gasteiger partial charge on any atom is 0.371 e. The molecular formula is C11H16O3S. The molecular weight excluding hydrogens is 212 g/mol. The molecule has 1 rings (SSSR count). The van der Waals surface area contributed by atoms with Gasteiger partial charge in [0.2, 0.25) is 5.76 Å². The van der Waals surface area contributed by atoms with Crippen LogP contribution in [0.3, 0.4) is 0 Å². The first-order valence-electron chi connectivity index (χ1n) is 4.95. The molecule has 1 unspecified atom stereocenters.